The van der Waals surface area contributed by atoms with Crippen LogP contribution in [0, 0.1) is 23.5 Å². The number of benzene rings is 2. The Kier molecular flexibility index (Phi) is 11.8. The Morgan fingerprint density at radius 2 is 1.27 bits per heavy atom. The number of unbranched alkanes of at least 4 members (excludes halogenated alkanes) is 5. The number of nitrogens with two attached hydrogens (primary N) is 2. The Hall–Kier alpha value is -2.84. The highest BCUT2D eigenvalue weighted by Crippen LogP contribution is 2.47. The molecule has 2 aromatic rings. The van der Waals surface area contributed by atoms with Gasteiger partial charge in [-0.1, -0.05) is 71.1 Å². The number of hydrogen-bond acceptors (Lipinski definition) is 6. The van der Waals surface area contributed by atoms with Crippen LogP contribution in [-0.2, 0) is 27.8 Å². The second-order valence-corrected chi connectivity index (χ2v) is 15.8. The molecule has 0 radical (unpaired) electrons. The summed E-state index contributed by atoms with van der Waals surface area (Å²) < 4.78 is 41.7. The number of rotatable bonds is 11. The smallest absolute Gasteiger partial charge is 0.311 e. The Balaban J connectivity index is 0.898. The van der Waals surface area contributed by atoms with E-state index in [1.807, 2.05) is 12.1 Å². The zero-order chi connectivity index (χ0) is 34.5. The van der Waals surface area contributed by atoms with Crippen LogP contribution < -0.4 is 20.9 Å². The summed E-state index contributed by atoms with van der Waals surface area (Å²) >= 11 is 0. The van der Waals surface area contributed by atoms with Crippen molar-refractivity contribution in [3.05, 3.63) is 58.2 Å². The van der Waals surface area contributed by atoms with Gasteiger partial charge in [-0.05, 0) is 104 Å². The lowest BCUT2D eigenvalue weighted by Crippen LogP contribution is -2.53. The lowest BCUT2D eigenvalue weighted by molar-refractivity contribution is -0.135. The standard InChI is InChI=1S/C41H56F2N2O4/c1-41-19-13-7-9-15-27(40(41)45)21-33-34(41)23-29(25-36(33)43)49-38(47)18-12-5-3-2-4-11-17-37(46)48-28-22-31-30-16-10-6-8-14-26(39(30)44)20-32(31)35(42)24-28/h22-27,30,39-40H,2-21,44-45H2,1H3. The Morgan fingerprint density at radius 1 is 0.714 bits per heavy atom. The highest BCUT2D eigenvalue weighted by Gasteiger charge is 2.45. The van der Waals surface area contributed by atoms with Gasteiger partial charge in [-0.25, -0.2) is 8.78 Å². The molecule has 0 heterocycles. The van der Waals surface area contributed by atoms with Gasteiger partial charge in [-0.2, -0.15) is 0 Å². The van der Waals surface area contributed by atoms with Gasteiger partial charge in [-0.15, -0.1) is 0 Å². The van der Waals surface area contributed by atoms with Gasteiger partial charge < -0.3 is 20.9 Å². The number of carbonyl (C=O) groups excluding carboxylic acids is 2. The molecule has 0 amide bonds. The van der Waals surface area contributed by atoms with Gasteiger partial charge in [0, 0.05) is 42.5 Å². The van der Waals surface area contributed by atoms with Gasteiger partial charge in [0.25, 0.3) is 0 Å². The Morgan fingerprint density at radius 3 is 1.96 bits per heavy atom. The van der Waals surface area contributed by atoms with Crippen LogP contribution >= 0.6 is 0 Å². The van der Waals surface area contributed by atoms with Crippen LogP contribution in [0.4, 0.5) is 8.78 Å². The van der Waals surface area contributed by atoms with E-state index >= 15 is 8.78 Å². The lowest BCUT2D eigenvalue weighted by Gasteiger charge is -2.47. The fourth-order valence-corrected chi connectivity index (χ4v) is 9.51. The maximum absolute atomic E-state index is 15.3. The summed E-state index contributed by atoms with van der Waals surface area (Å²) in [4.78, 5) is 25.3. The largest absolute Gasteiger partial charge is 0.426 e. The quantitative estimate of drug-likeness (QED) is 0.140. The molecule has 4 aliphatic carbocycles. The van der Waals surface area contributed by atoms with Crippen LogP contribution in [0.1, 0.15) is 151 Å². The molecule has 8 heteroatoms. The number of halogens is 2. The van der Waals surface area contributed by atoms with E-state index in [9.17, 15) is 9.59 Å². The fraction of sp³-hybridized carbons (Fsp3) is 0.659. The average Bonchev–Trinajstić information content (AvgIpc) is 3.05. The molecule has 6 atom stereocenters. The van der Waals surface area contributed by atoms with Crippen LogP contribution in [0.15, 0.2) is 24.3 Å². The molecule has 0 saturated heterocycles. The van der Waals surface area contributed by atoms with Crippen LogP contribution in [0.25, 0.3) is 0 Å². The summed E-state index contributed by atoms with van der Waals surface area (Å²) in [6.45, 7) is 2.15. The first-order valence-corrected chi connectivity index (χ1v) is 19.2. The Bertz CT molecular complexity index is 1500. The first kappa shape index (κ1) is 36.0. The highest BCUT2D eigenvalue weighted by atomic mass is 19.1. The number of fused-ring (bicyclic) bond motifs is 8. The fourth-order valence-electron chi connectivity index (χ4n) is 9.51. The lowest BCUT2D eigenvalue weighted by atomic mass is 9.60. The van der Waals surface area contributed by atoms with E-state index < -0.39 is 0 Å². The molecule has 2 fully saturated rings. The third-order valence-corrected chi connectivity index (χ3v) is 12.4. The summed E-state index contributed by atoms with van der Waals surface area (Å²) in [5, 5.41) is 0. The number of esters is 2. The van der Waals surface area contributed by atoms with Crippen molar-refractivity contribution in [2.24, 2.45) is 23.3 Å². The maximum Gasteiger partial charge on any atom is 0.311 e. The molecule has 6 rings (SSSR count). The zero-order valence-corrected chi connectivity index (χ0v) is 29.4. The van der Waals surface area contributed by atoms with Crippen molar-refractivity contribution in [1.29, 1.82) is 0 Å². The van der Waals surface area contributed by atoms with Crippen LogP contribution in [0.3, 0.4) is 0 Å². The van der Waals surface area contributed by atoms with Gasteiger partial charge in [0.2, 0.25) is 0 Å². The van der Waals surface area contributed by atoms with Crippen molar-refractivity contribution >= 4 is 11.9 Å². The summed E-state index contributed by atoms with van der Waals surface area (Å²) in [5.41, 5.74) is 16.4. The van der Waals surface area contributed by atoms with Crippen LogP contribution in [0.2, 0.25) is 0 Å². The number of carbonyl (C=O) groups is 2. The monoisotopic (exact) mass is 678 g/mol. The van der Waals surface area contributed by atoms with Crippen LogP contribution in [-0.4, -0.2) is 24.0 Å². The topological polar surface area (TPSA) is 105 Å². The zero-order valence-electron chi connectivity index (χ0n) is 29.4. The normalized spacial score (nSPS) is 27.8. The van der Waals surface area contributed by atoms with Gasteiger partial charge in [0.05, 0.1) is 0 Å². The number of hydrogen-bond donors (Lipinski definition) is 2. The van der Waals surface area contributed by atoms with Crippen LogP contribution in [0.5, 0.6) is 11.5 Å². The van der Waals surface area contributed by atoms with Crippen molar-refractivity contribution in [2.75, 3.05) is 0 Å². The van der Waals surface area contributed by atoms with Crippen molar-refractivity contribution in [2.45, 2.75) is 159 Å². The molecule has 2 saturated carbocycles. The number of ether oxygens (including phenoxy) is 2. The minimum atomic E-state index is -0.349. The molecule has 4 bridgehead atoms. The minimum Gasteiger partial charge on any atom is -0.426 e. The second-order valence-electron chi connectivity index (χ2n) is 15.8. The first-order valence-electron chi connectivity index (χ1n) is 19.2. The summed E-state index contributed by atoms with van der Waals surface area (Å²) in [5.74, 6) is 0.0105. The summed E-state index contributed by atoms with van der Waals surface area (Å²) in [6, 6.07) is 6.46. The molecule has 0 aliphatic heterocycles. The first-order chi connectivity index (χ1) is 23.6. The van der Waals surface area contributed by atoms with E-state index in [1.165, 1.54) is 25.0 Å². The van der Waals surface area contributed by atoms with E-state index in [0.29, 0.717) is 31.6 Å². The summed E-state index contributed by atoms with van der Waals surface area (Å²) in [6.07, 6.45) is 17.6. The third-order valence-electron chi connectivity index (χ3n) is 12.4. The SMILES string of the molecule is CC12CCCCCC(Cc3c(F)cc(OC(=O)CCCCCCCCC(=O)Oc4cc(F)c5c(c4)C4CCCCCC(C5)C4N)cc31)C2N. The van der Waals surface area contributed by atoms with E-state index in [2.05, 4.69) is 6.92 Å². The second kappa shape index (κ2) is 16.0. The van der Waals surface area contributed by atoms with E-state index in [4.69, 9.17) is 20.9 Å². The van der Waals surface area contributed by atoms with Gasteiger partial charge in [-0.3, -0.25) is 9.59 Å². The predicted octanol–water partition coefficient (Wildman–Crippen LogP) is 8.87. The predicted molar refractivity (Wildman–Crippen MR) is 188 cm³/mol. The third kappa shape index (κ3) is 8.22. The summed E-state index contributed by atoms with van der Waals surface area (Å²) in [7, 11) is 0. The minimum absolute atomic E-state index is 0.0241. The molecule has 6 nitrogen and oxygen atoms in total. The van der Waals surface area contributed by atoms with Crippen molar-refractivity contribution < 1.29 is 27.8 Å². The van der Waals surface area contributed by atoms with Crippen molar-refractivity contribution in [3.8, 4) is 11.5 Å². The molecule has 49 heavy (non-hydrogen) atoms. The molecular weight excluding hydrogens is 622 g/mol. The molecular formula is C41H56F2N2O4. The van der Waals surface area contributed by atoms with Gasteiger partial charge in [0.1, 0.15) is 23.1 Å². The molecule has 6 unspecified atom stereocenters. The molecule has 4 aliphatic rings. The van der Waals surface area contributed by atoms with E-state index in [-0.39, 0.29) is 77.2 Å². The average molecular weight is 679 g/mol. The van der Waals surface area contributed by atoms with Crippen molar-refractivity contribution in [1.82, 2.24) is 0 Å². The molecule has 0 aromatic heterocycles. The van der Waals surface area contributed by atoms with E-state index in [0.717, 1.165) is 99.3 Å². The highest BCUT2D eigenvalue weighted by molar-refractivity contribution is 5.73. The maximum atomic E-state index is 15.3. The van der Waals surface area contributed by atoms with Crippen molar-refractivity contribution in [3.63, 3.8) is 0 Å². The van der Waals surface area contributed by atoms with Gasteiger partial charge >= 0.3 is 11.9 Å². The molecule has 4 N–H and O–H groups in total. The molecule has 268 valence electrons. The Labute approximate surface area is 291 Å². The van der Waals surface area contributed by atoms with E-state index in [1.54, 1.807) is 0 Å². The molecule has 0 spiro atoms. The van der Waals surface area contributed by atoms with Gasteiger partial charge in [0.15, 0.2) is 0 Å². The molecule has 2 aromatic carbocycles.